The topological polar surface area (TPSA) is 59.0 Å². The Hall–Kier alpha value is -1.27. The SMILES string of the molecule is CCCOc1c(Br)cc(CN(C)CCC(=O)O)cc1OC. The van der Waals surface area contributed by atoms with Crippen LogP contribution in [0.3, 0.4) is 0 Å². The minimum absolute atomic E-state index is 0.131. The van der Waals surface area contributed by atoms with Crippen molar-refractivity contribution >= 4 is 21.9 Å². The molecular formula is C15H22BrNO4. The van der Waals surface area contributed by atoms with Gasteiger partial charge in [-0.1, -0.05) is 6.92 Å². The average Bonchev–Trinajstić information content (AvgIpc) is 2.43. The van der Waals surface area contributed by atoms with E-state index in [1.807, 2.05) is 31.0 Å². The molecule has 0 spiro atoms. The van der Waals surface area contributed by atoms with E-state index in [1.165, 1.54) is 0 Å². The molecule has 118 valence electrons. The van der Waals surface area contributed by atoms with Crippen LogP contribution >= 0.6 is 15.9 Å². The highest BCUT2D eigenvalue weighted by molar-refractivity contribution is 9.10. The van der Waals surface area contributed by atoms with Gasteiger partial charge in [0.05, 0.1) is 24.6 Å². The molecule has 1 N–H and O–H groups in total. The average molecular weight is 360 g/mol. The lowest BCUT2D eigenvalue weighted by molar-refractivity contribution is -0.137. The van der Waals surface area contributed by atoms with Crippen LogP contribution in [0.1, 0.15) is 25.3 Å². The molecule has 0 atom stereocenters. The lowest BCUT2D eigenvalue weighted by Crippen LogP contribution is -2.21. The molecule has 0 radical (unpaired) electrons. The minimum atomic E-state index is -0.788. The summed E-state index contributed by atoms with van der Waals surface area (Å²) in [5, 5.41) is 8.70. The number of carbonyl (C=O) groups is 1. The summed E-state index contributed by atoms with van der Waals surface area (Å²) in [6.07, 6.45) is 1.06. The Bertz CT molecular complexity index is 479. The highest BCUT2D eigenvalue weighted by atomic mass is 79.9. The molecule has 0 aliphatic heterocycles. The summed E-state index contributed by atoms with van der Waals surface area (Å²) in [6, 6.07) is 3.90. The first-order chi connectivity index (χ1) is 9.97. The van der Waals surface area contributed by atoms with E-state index in [0.29, 0.717) is 31.2 Å². The molecule has 0 amide bonds. The summed E-state index contributed by atoms with van der Waals surface area (Å²) in [6.45, 7) is 3.83. The number of hydrogen-bond acceptors (Lipinski definition) is 4. The van der Waals surface area contributed by atoms with E-state index in [4.69, 9.17) is 14.6 Å². The number of rotatable bonds is 9. The van der Waals surface area contributed by atoms with Crippen LogP contribution in [0.25, 0.3) is 0 Å². The highest BCUT2D eigenvalue weighted by Gasteiger charge is 2.13. The van der Waals surface area contributed by atoms with E-state index in [-0.39, 0.29) is 6.42 Å². The Balaban J connectivity index is 2.80. The fourth-order valence-corrected chi connectivity index (χ4v) is 2.49. The molecule has 0 aliphatic carbocycles. The summed E-state index contributed by atoms with van der Waals surface area (Å²) in [5.74, 6) is 0.597. The van der Waals surface area contributed by atoms with Gasteiger partial charge in [0.25, 0.3) is 0 Å². The van der Waals surface area contributed by atoms with E-state index in [2.05, 4.69) is 15.9 Å². The van der Waals surface area contributed by atoms with Gasteiger partial charge >= 0.3 is 5.97 Å². The van der Waals surface area contributed by atoms with Crippen molar-refractivity contribution < 1.29 is 19.4 Å². The third kappa shape index (κ3) is 5.93. The summed E-state index contributed by atoms with van der Waals surface area (Å²) >= 11 is 3.50. The van der Waals surface area contributed by atoms with Crippen LogP contribution in [0.5, 0.6) is 11.5 Å². The zero-order valence-electron chi connectivity index (χ0n) is 12.7. The van der Waals surface area contributed by atoms with Gasteiger partial charge in [-0.3, -0.25) is 4.79 Å². The van der Waals surface area contributed by atoms with Gasteiger partial charge < -0.3 is 19.5 Å². The van der Waals surface area contributed by atoms with Crippen LogP contribution in [0, 0.1) is 0 Å². The molecule has 0 bridgehead atoms. The molecule has 1 aromatic carbocycles. The fourth-order valence-electron chi connectivity index (χ4n) is 1.89. The van der Waals surface area contributed by atoms with E-state index in [9.17, 15) is 4.79 Å². The zero-order valence-corrected chi connectivity index (χ0v) is 14.3. The van der Waals surface area contributed by atoms with Gasteiger partial charge in [0.2, 0.25) is 0 Å². The van der Waals surface area contributed by atoms with Gasteiger partial charge in [0.1, 0.15) is 0 Å². The van der Waals surface area contributed by atoms with Crippen LogP contribution in [-0.4, -0.2) is 43.3 Å². The van der Waals surface area contributed by atoms with Crippen molar-refractivity contribution in [2.75, 3.05) is 27.3 Å². The van der Waals surface area contributed by atoms with Crippen LogP contribution < -0.4 is 9.47 Å². The van der Waals surface area contributed by atoms with E-state index in [0.717, 1.165) is 16.5 Å². The molecule has 0 saturated carbocycles. The minimum Gasteiger partial charge on any atom is -0.493 e. The van der Waals surface area contributed by atoms with Crippen molar-refractivity contribution in [3.05, 3.63) is 22.2 Å². The molecule has 21 heavy (non-hydrogen) atoms. The standard InChI is InChI=1S/C15H22BrNO4/c1-4-7-21-15-12(16)8-11(9-13(15)20-3)10-17(2)6-5-14(18)19/h8-9H,4-7,10H2,1-3H3,(H,18,19). The van der Waals surface area contributed by atoms with Crippen molar-refractivity contribution in [2.45, 2.75) is 26.3 Å². The maximum Gasteiger partial charge on any atom is 0.304 e. The number of hydrogen-bond donors (Lipinski definition) is 1. The lowest BCUT2D eigenvalue weighted by Gasteiger charge is -2.18. The predicted octanol–water partition coefficient (Wildman–Crippen LogP) is 3.15. The Kier molecular flexibility index (Phi) is 7.53. The van der Waals surface area contributed by atoms with Crippen molar-refractivity contribution in [1.29, 1.82) is 0 Å². The number of carboxylic acids is 1. The fraction of sp³-hybridized carbons (Fsp3) is 0.533. The number of nitrogens with zero attached hydrogens (tertiary/aromatic N) is 1. The molecule has 5 nitrogen and oxygen atoms in total. The maximum absolute atomic E-state index is 10.6. The molecule has 0 heterocycles. The Morgan fingerprint density at radius 1 is 1.43 bits per heavy atom. The van der Waals surface area contributed by atoms with Crippen molar-refractivity contribution in [2.24, 2.45) is 0 Å². The van der Waals surface area contributed by atoms with Gasteiger partial charge in [-0.25, -0.2) is 0 Å². The zero-order chi connectivity index (χ0) is 15.8. The number of benzene rings is 1. The third-order valence-corrected chi connectivity index (χ3v) is 3.49. The molecule has 1 aromatic rings. The van der Waals surface area contributed by atoms with Crippen molar-refractivity contribution in [3.8, 4) is 11.5 Å². The molecular weight excluding hydrogens is 338 g/mol. The van der Waals surface area contributed by atoms with E-state index < -0.39 is 5.97 Å². The maximum atomic E-state index is 10.6. The van der Waals surface area contributed by atoms with Gasteiger partial charge in [0, 0.05) is 13.1 Å². The number of ether oxygens (including phenoxy) is 2. The van der Waals surface area contributed by atoms with E-state index >= 15 is 0 Å². The van der Waals surface area contributed by atoms with Crippen LogP contribution in [0.2, 0.25) is 0 Å². The predicted molar refractivity (Wildman–Crippen MR) is 85.1 cm³/mol. The third-order valence-electron chi connectivity index (χ3n) is 2.90. The smallest absolute Gasteiger partial charge is 0.304 e. The quantitative estimate of drug-likeness (QED) is 0.733. The first-order valence-electron chi connectivity index (χ1n) is 6.87. The van der Waals surface area contributed by atoms with Crippen LogP contribution in [0.4, 0.5) is 0 Å². The number of carboxylic acid groups (broad SMARTS) is 1. The summed E-state index contributed by atoms with van der Waals surface area (Å²) in [5.41, 5.74) is 1.04. The van der Waals surface area contributed by atoms with Crippen LogP contribution in [-0.2, 0) is 11.3 Å². The van der Waals surface area contributed by atoms with Gasteiger partial charge in [-0.2, -0.15) is 0 Å². The second-order valence-electron chi connectivity index (χ2n) is 4.84. The van der Waals surface area contributed by atoms with Gasteiger partial charge in [-0.15, -0.1) is 0 Å². The first-order valence-corrected chi connectivity index (χ1v) is 7.66. The lowest BCUT2D eigenvalue weighted by atomic mass is 10.2. The van der Waals surface area contributed by atoms with Crippen molar-refractivity contribution in [1.82, 2.24) is 4.90 Å². The number of aliphatic carboxylic acids is 1. The summed E-state index contributed by atoms with van der Waals surface area (Å²) in [7, 11) is 3.50. The van der Waals surface area contributed by atoms with Gasteiger partial charge in [-0.05, 0) is 47.1 Å². The molecule has 0 saturated heterocycles. The first kappa shape index (κ1) is 17.8. The Morgan fingerprint density at radius 3 is 2.71 bits per heavy atom. The molecule has 0 unspecified atom stereocenters. The second-order valence-corrected chi connectivity index (χ2v) is 5.69. The molecule has 0 aromatic heterocycles. The normalized spacial score (nSPS) is 10.7. The summed E-state index contributed by atoms with van der Waals surface area (Å²) < 4.78 is 11.9. The Labute approximate surface area is 134 Å². The molecule has 6 heteroatoms. The van der Waals surface area contributed by atoms with E-state index in [1.54, 1.807) is 7.11 Å². The van der Waals surface area contributed by atoms with Crippen molar-refractivity contribution in [3.63, 3.8) is 0 Å². The largest absolute Gasteiger partial charge is 0.493 e. The number of methoxy groups -OCH3 is 1. The number of halogens is 1. The van der Waals surface area contributed by atoms with Gasteiger partial charge in [0.15, 0.2) is 11.5 Å². The molecule has 1 rings (SSSR count). The molecule has 0 aliphatic rings. The molecule has 0 fully saturated rings. The Morgan fingerprint density at radius 2 is 2.14 bits per heavy atom. The monoisotopic (exact) mass is 359 g/mol. The summed E-state index contributed by atoms with van der Waals surface area (Å²) in [4.78, 5) is 12.5. The highest BCUT2D eigenvalue weighted by Crippen LogP contribution is 2.37. The van der Waals surface area contributed by atoms with Crippen LogP contribution in [0.15, 0.2) is 16.6 Å². The second kappa shape index (κ2) is 8.89.